The molecule has 26 heavy (non-hydrogen) atoms. The highest BCUT2D eigenvalue weighted by atomic mass is 32.1. The van der Waals surface area contributed by atoms with Crippen LogP contribution >= 0.6 is 11.3 Å². The molecular weight excluding hydrogens is 354 g/mol. The molecule has 2 atom stereocenters. The molecule has 0 bridgehead atoms. The number of rotatable bonds is 5. The maximum atomic E-state index is 12.3. The van der Waals surface area contributed by atoms with Crippen LogP contribution in [0, 0.1) is 10.8 Å². The number of carbonyl (C=O) groups is 2. The molecule has 0 aliphatic heterocycles. The van der Waals surface area contributed by atoms with E-state index in [1.807, 2.05) is 0 Å². The number of aliphatic imine (C=N–C) groups is 1. The Morgan fingerprint density at radius 2 is 2.12 bits per heavy atom. The van der Waals surface area contributed by atoms with Crippen molar-refractivity contribution in [2.24, 2.45) is 15.8 Å². The number of carbonyl (C=O) groups excluding carboxylic acids is 3. The zero-order chi connectivity index (χ0) is 19.4. The van der Waals surface area contributed by atoms with Gasteiger partial charge >= 0.3 is 12.0 Å². The van der Waals surface area contributed by atoms with Gasteiger partial charge in [0.05, 0.1) is 18.8 Å². The van der Waals surface area contributed by atoms with Crippen molar-refractivity contribution in [2.75, 3.05) is 19.0 Å². The third-order valence-corrected chi connectivity index (χ3v) is 5.51. The summed E-state index contributed by atoms with van der Waals surface area (Å²) in [5.41, 5.74) is 0.280. The highest BCUT2D eigenvalue weighted by molar-refractivity contribution is 7.12. The predicted molar refractivity (Wildman–Crippen MR) is 100 cm³/mol. The SMILES string of the molecule is COC(=O)c1sccc1NC(=O)NCC1(C)CC(N=C=O)CC(C)(C)C1. The van der Waals surface area contributed by atoms with Crippen molar-refractivity contribution in [3.63, 3.8) is 0 Å². The van der Waals surface area contributed by atoms with Gasteiger partial charge in [0, 0.05) is 6.54 Å². The monoisotopic (exact) mass is 379 g/mol. The average Bonchev–Trinajstić information content (AvgIpc) is 2.99. The van der Waals surface area contributed by atoms with Crippen molar-refractivity contribution in [1.29, 1.82) is 0 Å². The largest absolute Gasteiger partial charge is 0.465 e. The van der Waals surface area contributed by atoms with Crippen LogP contribution in [-0.2, 0) is 9.53 Å². The molecule has 142 valence electrons. The molecule has 0 aromatic carbocycles. The smallest absolute Gasteiger partial charge is 0.350 e. The van der Waals surface area contributed by atoms with Gasteiger partial charge in [0.15, 0.2) is 0 Å². The van der Waals surface area contributed by atoms with Crippen LogP contribution in [0.1, 0.15) is 49.7 Å². The van der Waals surface area contributed by atoms with Crippen molar-refractivity contribution in [3.05, 3.63) is 16.3 Å². The molecule has 1 aliphatic rings. The summed E-state index contributed by atoms with van der Waals surface area (Å²) in [5, 5.41) is 7.29. The van der Waals surface area contributed by atoms with E-state index in [1.165, 1.54) is 18.4 Å². The number of urea groups is 1. The van der Waals surface area contributed by atoms with Crippen molar-refractivity contribution in [3.8, 4) is 0 Å². The summed E-state index contributed by atoms with van der Waals surface area (Å²) >= 11 is 1.21. The Bertz CT molecular complexity index is 724. The van der Waals surface area contributed by atoms with Crippen LogP contribution in [-0.4, -0.2) is 37.8 Å². The number of methoxy groups -OCH3 is 1. The van der Waals surface area contributed by atoms with Crippen molar-refractivity contribution >= 4 is 35.1 Å². The average molecular weight is 379 g/mol. The highest BCUT2D eigenvalue weighted by Gasteiger charge is 2.41. The van der Waals surface area contributed by atoms with E-state index in [0.717, 1.165) is 19.3 Å². The van der Waals surface area contributed by atoms with Gasteiger partial charge in [-0.15, -0.1) is 11.3 Å². The first kappa shape index (κ1) is 20.1. The lowest BCUT2D eigenvalue weighted by atomic mass is 9.63. The number of thiophene rings is 1. The quantitative estimate of drug-likeness (QED) is 0.464. The number of hydrogen-bond donors (Lipinski definition) is 2. The second kappa shape index (κ2) is 8.01. The first-order valence-electron chi connectivity index (χ1n) is 8.46. The highest BCUT2D eigenvalue weighted by Crippen LogP contribution is 2.46. The standard InChI is InChI=1S/C18H25N3O4S/c1-17(2)7-12(20-11-22)8-18(3,9-17)10-19-16(24)21-13-5-6-26-14(13)15(23)25-4/h5-6,12H,7-10H2,1-4H3,(H2,19,21,24). The maximum absolute atomic E-state index is 12.3. The van der Waals surface area contributed by atoms with E-state index in [2.05, 4.69) is 36.4 Å². The second-order valence-electron chi connectivity index (χ2n) is 7.90. The topological polar surface area (TPSA) is 96.9 Å². The van der Waals surface area contributed by atoms with E-state index in [1.54, 1.807) is 17.5 Å². The predicted octanol–water partition coefficient (Wildman–Crippen LogP) is 3.58. The lowest BCUT2D eigenvalue weighted by molar-refractivity contribution is 0.0607. The fourth-order valence-electron chi connectivity index (χ4n) is 4.00. The van der Waals surface area contributed by atoms with Gasteiger partial charge in [-0.2, -0.15) is 0 Å². The summed E-state index contributed by atoms with van der Waals surface area (Å²) in [6, 6.07) is 1.21. The molecule has 2 amide bonds. The van der Waals surface area contributed by atoms with Crippen LogP contribution in [0.5, 0.6) is 0 Å². The lowest BCUT2D eigenvalue weighted by Crippen LogP contribution is -2.45. The molecular formula is C18H25N3O4S. The Hall–Kier alpha value is -2.18. The van der Waals surface area contributed by atoms with E-state index < -0.39 is 5.97 Å². The molecule has 8 heteroatoms. The van der Waals surface area contributed by atoms with Gasteiger partial charge in [-0.1, -0.05) is 20.8 Å². The molecule has 1 aromatic rings. The van der Waals surface area contributed by atoms with Gasteiger partial charge in [0.1, 0.15) is 4.88 Å². The van der Waals surface area contributed by atoms with Crippen LogP contribution in [0.2, 0.25) is 0 Å². The van der Waals surface area contributed by atoms with E-state index >= 15 is 0 Å². The molecule has 7 nitrogen and oxygen atoms in total. The van der Waals surface area contributed by atoms with E-state index in [-0.39, 0.29) is 22.9 Å². The molecule has 2 rings (SSSR count). The molecule has 0 spiro atoms. The number of isocyanates is 1. The Labute approximate surface area is 157 Å². The molecule has 2 unspecified atom stereocenters. The van der Waals surface area contributed by atoms with Crippen LogP contribution in [0.3, 0.4) is 0 Å². The summed E-state index contributed by atoms with van der Waals surface area (Å²) in [4.78, 5) is 38.9. The maximum Gasteiger partial charge on any atom is 0.350 e. The van der Waals surface area contributed by atoms with Crippen LogP contribution < -0.4 is 10.6 Å². The first-order valence-corrected chi connectivity index (χ1v) is 9.34. The van der Waals surface area contributed by atoms with Gasteiger partial charge in [-0.25, -0.2) is 19.4 Å². The number of anilines is 1. The van der Waals surface area contributed by atoms with Gasteiger partial charge in [0.25, 0.3) is 0 Å². The second-order valence-corrected chi connectivity index (χ2v) is 8.81. The van der Waals surface area contributed by atoms with Crippen LogP contribution in [0.4, 0.5) is 10.5 Å². The number of esters is 1. The zero-order valence-corrected chi connectivity index (χ0v) is 16.4. The van der Waals surface area contributed by atoms with Gasteiger partial charge in [-0.05, 0) is 41.5 Å². The zero-order valence-electron chi connectivity index (χ0n) is 15.5. The van der Waals surface area contributed by atoms with Crippen molar-refractivity contribution in [1.82, 2.24) is 5.32 Å². The molecule has 1 fully saturated rings. The van der Waals surface area contributed by atoms with Gasteiger partial charge in [-0.3, -0.25) is 0 Å². The van der Waals surface area contributed by atoms with E-state index in [0.29, 0.717) is 17.1 Å². The summed E-state index contributed by atoms with van der Waals surface area (Å²) < 4.78 is 4.70. The molecule has 0 radical (unpaired) electrons. The normalized spacial score (nSPS) is 24.2. The van der Waals surface area contributed by atoms with Gasteiger partial charge < -0.3 is 15.4 Å². The summed E-state index contributed by atoms with van der Waals surface area (Å²) in [7, 11) is 1.30. The molecule has 2 N–H and O–H groups in total. The fraction of sp³-hybridized carbons (Fsp3) is 0.611. The number of amides is 2. The van der Waals surface area contributed by atoms with Crippen LogP contribution in [0.25, 0.3) is 0 Å². The Balaban J connectivity index is 1.98. The van der Waals surface area contributed by atoms with Crippen LogP contribution in [0.15, 0.2) is 16.4 Å². The summed E-state index contributed by atoms with van der Waals surface area (Å²) in [5.74, 6) is -0.481. The summed E-state index contributed by atoms with van der Waals surface area (Å²) in [6.07, 6.45) is 4.13. The number of nitrogens with zero attached hydrogens (tertiary/aromatic N) is 1. The molecule has 1 heterocycles. The summed E-state index contributed by atoms with van der Waals surface area (Å²) in [6.45, 7) is 6.83. The Kier molecular flexibility index (Phi) is 6.21. The molecule has 1 saturated carbocycles. The minimum atomic E-state index is -0.481. The molecule has 1 aliphatic carbocycles. The number of nitrogens with one attached hydrogen (secondary N) is 2. The molecule has 1 aromatic heterocycles. The number of ether oxygens (including phenoxy) is 1. The van der Waals surface area contributed by atoms with E-state index in [4.69, 9.17) is 4.74 Å². The molecule has 0 saturated heterocycles. The third-order valence-electron chi connectivity index (χ3n) is 4.62. The first-order chi connectivity index (χ1) is 12.2. The minimum Gasteiger partial charge on any atom is -0.465 e. The minimum absolute atomic E-state index is 0.0293. The lowest BCUT2D eigenvalue weighted by Gasteiger charge is -2.45. The fourth-order valence-corrected chi connectivity index (χ4v) is 4.76. The number of hydrogen-bond acceptors (Lipinski definition) is 6. The Morgan fingerprint density at radius 1 is 1.38 bits per heavy atom. The van der Waals surface area contributed by atoms with Gasteiger partial charge in [0.2, 0.25) is 6.08 Å². The van der Waals surface area contributed by atoms with Crippen molar-refractivity contribution in [2.45, 2.75) is 46.1 Å². The van der Waals surface area contributed by atoms with E-state index in [9.17, 15) is 14.4 Å². The van der Waals surface area contributed by atoms with Crippen molar-refractivity contribution < 1.29 is 19.1 Å². The third kappa shape index (κ3) is 5.16. The Morgan fingerprint density at radius 3 is 2.77 bits per heavy atom.